The highest BCUT2D eigenvalue weighted by Gasteiger charge is 2.05. The van der Waals surface area contributed by atoms with Gasteiger partial charge in [0, 0.05) is 16.4 Å². The molecule has 0 bridgehead atoms. The van der Waals surface area contributed by atoms with Crippen LogP contribution in [0.25, 0.3) is 11.0 Å². The van der Waals surface area contributed by atoms with Crippen molar-refractivity contribution in [2.24, 2.45) is 0 Å². The number of hydrogen-bond acceptors (Lipinski definition) is 3. The Balaban J connectivity index is 2.01. The fourth-order valence-corrected chi connectivity index (χ4v) is 2.18. The first kappa shape index (κ1) is 11.5. The molecule has 2 N–H and O–H groups in total. The molecule has 3 aromatic rings. The van der Waals surface area contributed by atoms with Crippen molar-refractivity contribution in [3.05, 3.63) is 46.3 Å². The zero-order valence-corrected chi connectivity index (χ0v) is 11.5. The lowest BCUT2D eigenvalue weighted by atomic mass is 10.3. The van der Waals surface area contributed by atoms with E-state index in [-0.39, 0.29) is 0 Å². The number of benzene rings is 1. The molecule has 0 unspecified atom stereocenters. The summed E-state index contributed by atoms with van der Waals surface area (Å²) in [4.78, 5) is 11.4. The van der Waals surface area contributed by atoms with Crippen molar-refractivity contribution in [2.75, 3.05) is 5.32 Å². The molecule has 2 aromatic heterocycles. The number of fused-ring (bicyclic) bond motifs is 1. The van der Waals surface area contributed by atoms with Crippen LogP contribution in [0.3, 0.4) is 0 Å². The Hall–Kier alpha value is -1.59. The van der Waals surface area contributed by atoms with Crippen LogP contribution in [0.1, 0.15) is 0 Å². The van der Waals surface area contributed by atoms with E-state index in [1.54, 1.807) is 0 Å². The van der Waals surface area contributed by atoms with Gasteiger partial charge in [-0.2, -0.15) is 0 Å². The van der Waals surface area contributed by atoms with Crippen molar-refractivity contribution in [1.29, 1.82) is 0 Å². The molecular formula is C12H8BrClN4. The third-order valence-corrected chi connectivity index (χ3v) is 3.75. The Labute approximate surface area is 117 Å². The lowest BCUT2D eigenvalue weighted by Crippen LogP contribution is -1.95. The molecule has 0 atom stereocenters. The molecule has 1 aromatic carbocycles. The summed E-state index contributed by atoms with van der Waals surface area (Å²) in [5.74, 6) is 0.760. The summed E-state index contributed by atoms with van der Waals surface area (Å²) in [5, 5.41) is 4.87. The predicted molar refractivity (Wildman–Crippen MR) is 76.3 cm³/mol. The van der Waals surface area contributed by atoms with Crippen molar-refractivity contribution in [3.8, 4) is 0 Å². The molecule has 0 radical (unpaired) electrons. The van der Waals surface area contributed by atoms with Gasteiger partial charge in [0.25, 0.3) is 0 Å². The molecule has 2 heterocycles. The SMILES string of the molecule is Clc1ccc(Nc2ncnc3[nH]ccc23)cc1Br. The van der Waals surface area contributed by atoms with Gasteiger partial charge in [-0.1, -0.05) is 11.6 Å². The molecule has 0 amide bonds. The first-order valence-electron chi connectivity index (χ1n) is 5.24. The summed E-state index contributed by atoms with van der Waals surface area (Å²) in [6, 6.07) is 7.56. The molecule has 0 saturated heterocycles. The molecule has 3 rings (SSSR count). The van der Waals surface area contributed by atoms with E-state index in [2.05, 4.69) is 36.2 Å². The third-order valence-electron chi connectivity index (χ3n) is 2.54. The van der Waals surface area contributed by atoms with E-state index in [4.69, 9.17) is 11.6 Å². The van der Waals surface area contributed by atoms with Gasteiger partial charge in [0.05, 0.1) is 10.4 Å². The van der Waals surface area contributed by atoms with Crippen LogP contribution in [0, 0.1) is 0 Å². The van der Waals surface area contributed by atoms with E-state index in [0.29, 0.717) is 5.02 Å². The second-order valence-electron chi connectivity index (χ2n) is 3.72. The van der Waals surface area contributed by atoms with Gasteiger partial charge in [0.2, 0.25) is 0 Å². The topological polar surface area (TPSA) is 53.6 Å². The summed E-state index contributed by atoms with van der Waals surface area (Å²) in [6.45, 7) is 0. The summed E-state index contributed by atoms with van der Waals surface area (Å²) in [5.41, 5.74) is 1.72. The number of rotatable bonds is 2. The standard InChI is InChI=1S/C12H8BrClN4/c13-9-5-7(1-2-10(9)14)18-12-8-3-4-15-11(8)16-6-17-12/h1-6H,(H2,15,16,17,18). The zero-order valence-electron chi connectivity index (χ0n) is 9.11. The molecule has 0 spiro atoms. The summed E-state index contributed by atoms with van der Waals surface area (Å²) < 4.78 is 0.841. The molecule has 0 aliphatic heterocycles. The van der Waals surface area contributed by atoms with Gasteiger partial charge in [-0.3, -0.25) is 0 Å². The predicted octanol–water partition coefficient (Wildman–Crippen LogP) is 4.12. The second-order valence-corrected chi connectivity index (χ2v) is 4.98. The largest absolute Gasteiger partial charge is 0.346 e. The van der Waals surface area contributed by atoms with E-state index in [1.165, 1.54) is 6.33 Å². The van der Waals surface area contributed by atoms with Crippen LogP contribution < -0.4 is 5.32 Å². The fraction of sp³-hybridized carbons (Fsp3) is 0. The summed E-state index contributed by atoms with van der Waals surface area (Å²) >= 11 is 9.35. The number of nitrogens with one attached hydrogen (secondary N) is 2. The highest BCUT2D eigenvalue weighted by molar-refractivity contribution is 9.10. The van der Waals surface area contributed by atoms with Crippen molar-refractivity contribution in [2.45, 2.75) is 0 Å². The number of aromatic nitrogens is 3. The maximum Gasteiger partial charge on any atom is 0.143 e. The monoisotopic (exact) mass is 322 g/mol. The Morgan fingerprint density at radius 1 is 1.22 bits per heavy atom. The van der Waals surface area contributed by atoms with Gasteiger partial charge in [-0.15, -0.1) is 0 Å². The van der Waals surface area contributed by atoms with E-state index in [0.717, 1.165) is 27.0 Å². The molecule has 0 aliphatic carbocycles. The second kappa shape index (κ2) is 4.59. The fourth-order valence-electron chi connectivity index (χ4n) is 1.68. The van der Waals surface area contributed by atoms with Crippen molar-refractivity contribution >= 4 is 50.1 Å². The van der Waals surface area contributed by atoms with E-state index < -0.39 is 0 Å². The minimum Gasteiger partial charge on any atom is -0.346 e. The van der Waals surface area contributed by atoms with Crippen LogP contribution in [0.5, 0.6) is 0 Å². The van der Waals surface area contributed by atoms with Crippen LogP contribution in [0.15, 0.2) is 41.3 Å². The van der Waals surface area contributed by atoms with E-state index >= 15 is 0 Å². The smallest absolute Gasteiger partial charge is 0.143 e. The summed E-state index contributed by atoms with van der Waals surface area (Å²) in [6.07, 6.45) is 3.36. The van der Waals surface area contributed by atoms with Crippen molar-refractivity contribution < 1.29 is 0 Å². The molecule has 6 heteroatoms. The first-order valence-corrected chi connectivity index (χ1v) is 6.41. The van der Waals surface area contributed by atoms with Crippen LogP contribution >= 0.6 is 27.5 Å². The molecule has 0 saturated carbocycles. The number of halogens is 2. The van der Waals surface area contributed by atoms with Crippen molar-refractivity contribution in [3.63, 3.8) is 0 Å². The number of nitrogens with zero attached hydrogens (tertiary/aromatic N) is 2. The highest BCUT2D eigenvalue weighted by atomic mass is 79.9. The maximum absolute atomic E-state index is 5.96. The van der Waals surface area contributed by atoms with E-state index in [9.17, 15) is 0 Å². The minimum absolute atomic E-state index is 0.676. The van der Waals surface area contributed by atoms with Gasteiger partial charge in [-0.05, 0) is 40.2 Å². The van der Waals surface area contributed by atoms with Gasteiger partial charge in [0.15, 0.2) is 0 Å². The van der Waals surface area contributed by atoms with Gasteiger partial charge in [0.1, 0.15) is 17.8 Å². The average Bonchev–Trinajstić information content (AvgIpc) is 2.83. The quantitative estimate of drug-likeness (QED) is 0.746. The normalized spacial score (nSPS) is 10.8. The molecule has 90 valence electrons. The van der Waals surface area contributed by atoms with Crippen LogP contribution in [-0.4, -0.2) is 15.0 Å². The number of aromatic amines is 1. The number of H-pyrrole nitrogens is 1. The van der Waals surface area contributed by atoms with Crippen LogP contribution in [0.2, 0.25) is 5.02 Å². The van der Waals surface area contributed by atoms with Crippen molar-refractivity contribution in [1.82, 2.24) is 15.0 Å². The average molecular weight is 324 g/mol. The third kappa shape index (κ3) is 2.07. The maximum atomic E-state index is 5.96. The first-order chi connectivity index (χ1) is 8.74. The summed E-state index contributed by atoms with van der Waals surface area (Å²) in [7, 11) is 0. The van der Waals surface area contributed by atoms with Gasteiger partial charge < -0.3 is 10.3 Å². The highest BCUT2D eigenvalue weighted by Crippen LogP contribution is 2.28. The number of anilines is 2. The molecule has 0 fully saturated rings. The van der Waals surface area contributed by atoms with E-state index in [1.807, 2.05) is 30.5 Å². The molecule has 4 nitrogen and oxygen atoms in total. The Bertz CT molecular complexity index is 710. The molecular weight excluding hydrogens is 316 g/mol. The zero-order chi connectivity index (χ0) is 12.5. The molecule has 0 aliphatic rings. The van der Waals surface area contributed by atoms with Gasteiger partial charge in [-0.25, -0.2) is 9.97 Å². The lowest BCUT2D eigenvalue weighted by Gasteiger charge is -2.07. The van der Waals surface area contributed by atoms with Crippen LogP contribution in [0.4, 0.5) is 11.5 Å². The Kier molecular flexibility index (Phi) is 2.93. The van der Waals surface area contributed by atoms with Crippen LogP contribution in [-0.2, 0) is 0 Å². The Morgan fingerprint density at radius 2 is 2.11 bits per heavy atom. The van der Waals surface area contributed by atoms with Gasteiger partial charge >= 0.3 is 0 Å². The number of hydrogen-bond donors (Lipinski definition) is 2. The lowest BCUT2D eigenvalue weighted by molar-refractivity contribution is 1.20. The minimum atomic E-state index is 0.676. The Morgan fingerprint density at radius 3 is 2.94 bits per heavy atom. The molecule has 18 heavy (non-hydrogen) atoms.